The van der Waals surface area contributed by atoms with E-state index in [0.717, 1.165) is 28.0 Å². The van der Waals surface area contributed by atoms with Crippen molar-refractivity contribution >= 4 is 34.0 Å². The molecule has 0 aliphatic rings. The van der Waals surface area contributed by atoms with E-state index in [1.54, 1.807) is 6.20 Å². The van der Waals surface area contributed by atoms with E-state index < -0.39 is 0 Å². The minimum absolute atomic E-state index is 0.794. The predicted octanol–water partition coefficient (Wildman–Crippen LogP) is 2.18. The van der Waals surface area contributed by atoms with Gasteiger partial charge in [0.05, 0.1) is 6.54 Å². The van der Waals surface area contributed by atoms with Crippen molar-refractivity contribution in [1.82, 2.24) is 9.78 Å². The zero-order valence-electron chi connectivity index (χ0n) is 8.73. The number of hydrogen-bond donors (Lipinski definition) is 2. The van der Waals surface area contributed by atoms with Gasteiger partial charge in [0.1, 0.15) is 0 Å². The van der Waals surface area contributed by atoms with Gasteiger partial charge in [0.2, 0.25) is 0 Å². The van der Waals surface area contributed by atoms with E-state index >= 15 is 0 Å². The molecule has 0 aliphatic carbocycles. The average Bonchev–Trinajstić information content (AvgIpc) is 2.74. The molecule has 1 heterocycles. The lowest BCUT2D eigenvalue weighted by Crippen LogP contribution is -2.11. The fraction of sp³-hybridized carbons (Fsp3) is 0.182. The number of nitrogens with one attached hydrogen (secondary N) is 1. The number of anilines is 2. The molecule has 0 saturated carbocycles. The van der Waals surface area contributed by atoms with E-state index in [1.807, 2.05) is 35.1 Å². The van der Waals surface area contributed by atoms with Gasteiger partial charge in [0.25, 0.3) is 0 Å². The summed E-state index contributed by atoms with van der Waals surface area (Å²) < 4.78 is 3.04. The first-order valence-corrected chi connectivity index (χ1v) is 6.10. The summed E-state index contributed by atoms with van der Waals surface area (Å²) in [6, 6.07) is 7.78. The molecule has 2 aromatic rings. The summed E-state index contributed by atoms with van der Waals surface area (Å²) in [4.78, 5) is 0. The van der Waals surface area contributed by atoms with Gasteiger partial charge in [-0.05, 0) is 46.9 Å². The molecule has 2 rings (SSSR count). The second kappa shape index (κ2) is 5.20. The molecular weight excluding hydrogens is 315 g/mol. The molecule has 1 aromatic carbocycles. The summed E-state index contributed by atoms with van der Waals surface area (Å²) in [5.74, 6) is 0. The fourth-order valence-corrected chi connectivity index (χ4v) is 2.14. The average molecular weight is 328 g/mol. The van der Waals surface area contributed by atoms with Gasteiger partial charge in [-0.3, -0.25) is 4.68 Å². The van der Waals surface area contributed by atoms with Gasteiger partial charge in [-0.1, -0.05) is 0 Å². The van der Waals surface area contributed by atoms with Gasteiger partial charge in [0.15, 0.2) is 0 Å². The zero-order valence-corrected chi connectivity index (χ0v) is 10.9. The van der Waals surface area contributed by atoms with E-state index in [2.05, 4.69) is 33.0 Å². The molecule has 0 unspecified atom stereocenters. The first-order chi connectivity index (χ1) is 7.75. The molecule has 0 spiro atoms. The second-order valence-corrected chi connectivity index (χ2v) is 4.60. The normalized spacial score (nSPS) is 10.3. The maximum Gasteiger partial charge on any atom is 0.0582 e. The van der Waals surface area contributed by atoms with Crippen LogP contribution in [0.15, 0.2) is 36.7 Å². The summed E-state index contributed by atoms with van der Waals surface area (Å²) >= 11 is 2.27. The minimum atomic E-state index is 0.794. The molecule has 4 nitrogen and oxygen atoms in total. The summed E-state index contributed by atoms with van der Waals surface area (Å²) in [6.45, 7) is 1.70. The second-order valence-electron chi connectivity index (χ2n) is 3.44. The van der Waals surface area contributed by atoms with Gasteiger partial charge in [-0.15, -0.1) is 0 Å². The number of nitrogen functional groups attached to an aromatic ring is 1. The van der Waals surface area contributed by atoms with Gasteiger partial charge >= 0.3 is 0 Å². The molecule has 84 valence electrons. The standard InChI is InChI=1S/C11H13IN4/c12-10-8-9(13)2-3-11(10)14-5-7-16-6-1-4-15-16/h1-4,6,8,14H,5,7,13H2. The lowest BCUT2D eigenvalue weighted by atomic mass is 10.3. The van der Waals surface area contributed by atoms with Crippen LogP contribution in [-0.2, 0) is 6.54 Å². The Morgan fingerprint density at radius 1 is 1.44 bits per heavy atom. The molecule has 0 radical (unpaired) electrons. The van der Waals surface area contributed by atoms with Gasteiger partial charge in [-0.25, -0.2) is 0 Å². The lowest BCUT2D eigenvalue weighted by Gasteiger charge is -2.09. The number of aromatic nitrogens is 2. The Hall–Kier alpha value is -1.24. The van der Waals surface area contributed by atoms with Crippen molar-refractivity contribution in [2.75, 3.05) is 17.6 Å². The first-order valence-electron chi connectivity index (χ1n) is 5.02. The van der Waals surface area contributed by atoms with Gasteiger partial charge in [-0.2, -0.15) is 5.10 Å². The molecule has 1 aromatic heterocycles. The van der Waals surface area contributed by atoms with Crippen molar-refractivity contribution in [3.05, 3.63) is 40.2 Å². The van der Waals surface area contributed by atoms with Crippen LogP contribution in [0.25, 0.3) is 0 Å². The third kappa shape index (κ3) is 2.88. The van der Waals surface area contributed by atoms with Crippen LogP contribution in [0.2, 0.25) is 0 Å². The molecular formula is C11H13IN4. The maximum atomic E-state index is 5.69. The zero-order chi connectivity index (χ0) is 11.4. The third-order valence-corrected chi connectivity index (χ3v) is 3.10. The van der Waals surface area contributed by atoms with Crippen molar-refractivity contribution in [3.63, 3.8) is 0 Å². The highest BCUT2D eigenvalue weighted by atomic mass is 127. The van der Waals surface area contributed by atoms with E-state index in [0.29, 0.717) is 0 Å². The smallest absolute Gasteiger partial charge is 0.0582 e. The molecule has 0 saturated heterocycles. The topological polar surface area (TPSA) is 55.9 Å². The van der Waals surface area contributed by atoms with Crippen LogP contribution in [0.1, 0.15) is 0 Å². The van der Waals surface area contributed by atoms with Crippen molar-refractivity contribution < 1.29 is 0 Å². The fourth-order valence-electron chi connectivity index (χ4n) is 1.41. The van der Waals surface area contributed by atoms with Crippen molar-refractivity contribution in [2.45, 2.75) is 6.54 Å². The molecule has 0 bridgehead atoms. The monoisotopic (exact) mass is 328 g/mol. The Morgan fingerprint density at radius 2 is 2.31 bits per heavy atom. The summed E-state index contributed by atoms with van der Waals surface area (Å²) in [7, 11) is 0. The van der Waals surface area contributed by atoms with Crippen LogP contribution < -0.4 is 11.1 Å². The van der Waals surface area contributed by atoms with Crippen molar-refractivity contribution in [1.29, 1.82) is 0 Å². The molecule has 0 atom stereocenters. The van der Waals surface area contributed by atoms with E-state index in [1.165, 1.54) is 0 Å². The van der Waals surface area contributed by atoms with Gasteiger partial charge < -0.3 is 11.1 Å². The van der Waals surface area contributed by atoms with E-state index in [4.69, 9.17) is 5.73 Å². The van der Waals surface area contributed by atoms with Gasteiger partial charge in [0, 0.05) is 33.9 Å². The Balaban J connectivity index is 1.90. The molecule has 0 aliphatic heterocycles. The highest BCUT2D eigenvalue weighted by Crippen LogP contribution is 2.20. The predicted molar refractivity (Wildman–Crippen MR) is 74.3 cm³/mol. The highest BCUT2D eigenvalue weighted by molar-refractivity contribution is 14.1. The van der Waals surface area contributed by atoms with E-state index in [9.17, 15) is 0 Å². The number of benzene rings is 1. The Morgan fingerprint density at radius 3 is 3.00 bits per heavy atom. The lowest BCUT2D eigenvalue weighted by molar-refractivity contribution is 0.638. The van der Waals surface area contributed by atoms with Crippen LogP contribution >= 0.6 is 22.6 Å². The van der Waals surface area contributed by atoms with E-state index in [-0.39, 0.29) is 0 Å². The first kappa shape index (κ1) is 11.3. The molecule has 0 fully saturated rings. The van der Waals surface area contributed by atoms with Crippen molar-refractivity contribution in [2.24, 2.45) is 0 Å². The molecule has 0 amide bonds. The maximum absolute atomic E-state index is 5.69. The number of rotatable bonds is 4. The number of nitrogens with zero attached hydrogens (tertiary/aromatic N) is 2. The Labute approximate surface area is 108 Å². The number of halogens is 1. The Bertz CT molecular complexity index is 453. The third-order valence-electron chi connectivity index (χ3n) is 2.21. The number of nitrogens with two attached hydrogens (primary N) is 1. The van der Waals surface area contributed by atoms with Crippen LogP contribution in [0.3, 0.4) is 0 Å². The summed E-state index contributed by atoms with van der Waals surface area (Å²) in [5.41, 5.74) is 7.59. The van der Waals surface area contributed by atoms with Crippen LogP contribution in [0, 0.1) is 3.57 Å². The van der Waals surface area contributed by atoms with Crippen LogP contribution in [-0.4, -0.2) is 16.3 Å². The largest absolute Gasteiger partial charge is 0.399 e. The summed E-state index contributed by atoms with van der Waals surface area (Å²) in [6.07, 6.45) is 3.74. The van der Waals surface area contributed by atoms with Crippen LogP contribution in [0.5, 0.6) is 0 Å². The summed E-state index contributed by atoms with van der Waals surface area (Å²) in [5, 5.41) is 7.49. The van der Waals surface area contributed by atoms with Crippen LogP contribution in [0.4, 0.5) is 11.4 Å². The SMILES string of the molecule is Nc1ccc(NCCn2cccn2)c(I)c1. The Kier molecular flexibility index (Phi) is 3.66. The quantitative estimate of drug-likeness (QED) is 0.668. The molecule has 16 heavy (non-hydrogen) atoms. The number of hydrogen-bond acceptors (Lipinski definition) is 3. The molecule has 5 heteroatoms. The molecule has 3 N–H and O–H groups in total. The highest BCUT2D eigenvalue weighted by Gasteiger charge is 1.99. The minimum Gasteiger partial charge on any atom is -0.399 e. The van der Waals surface area contributed by atoms with Crippen molar-refractivity contribution in [3.8, 4) is 0 Å².